The van der Waals surface area contributed by atoms with Gasteiger partial charge in [-0.05, 0) is 20.3 Å². The molecule has 2 unspecified atom stereocenters. The Morgan fingerprint density at radius 2 is 1.55 bits per heavy atom. The van der Waals surface area contributed by atoms with E-state index in [9.17, 15) is 31.1 Å². The number of hydrogen-bond donors (Lipinski definition) is 1. The third-order valence-electron chi connectivity index (χ3n) is 2.83. The molecule has 0 aromatic heterocycles. The summed E-state index contributed by atoms with van der Waals surface area (Å²) in [6, 6.07) is 0. The number of ether oxygens (including phenoxy) is 1. The number of carbonyl (C=O) groups is 1. The molecule has 0 radical (unpaired) electrons. The summed E-state index contributed by atoms with van der Waals surface area (Å²) >= 11 is 1.55. The van der Waals surface area contributed by atoms with E-state index in [1.165, 1.54) is 13.8 Å². The summed E-state index contributed by atoms with van der Waals surface area (Å²) < 4.78 is 78.0. The van der Waals surface area contributed by atoms with Crippen LogP contribution in [-0.2, 0) is 9.53 Å². The molecule has 0 fully saturated rings. The van der Waals surface area contributed by atoms with Gasteiger partial charge in [0.05, 0.1) is 0 Å². The van der Waals surface area contributed by atoms with Gasteiger partial charge in [-0.25, -0.2) is 0 Å². The maximum absolute atomic E-state index is 12.5. The lowest BCUT2D eigenvalue weighted by atomic mass is 9.96. The normalized spacial score (nSPS) is 18.4. The van der Waals surface area contributed by atoms with Gasteiger partial charge in [0.2, 0.25) is 0 Å². The summed E-state index contributed by atoms with van der Waals surface area (Å²) in [6.07, 6.45) is -14.7. The molecule has 0 saturated heterocycles. The van der Waals surface area contributed by atoms with Crippen molar-refractivity contribution in [1.82, 2.24) is 0 Å². The summed E-state index contributed by atoms with van der Waals surface area (Å²) in [5.74, 6) is -1.26. The van der Waals surface area contributed by atoms with Gasteiger partial charge in [-0.1, -0.05) is 29.5 Å². The second-order valence-corrected chi connectivity index (χ2v) is 6.74. The highest BCUT2D eigenvalue weighted by atomic mass is 127. The van der Waals surface area contributed by atoms with Gasteiger partial charge in [-0.2, -0.15) is 26.3 Å². The van der Waals surface area contributed by atoms with E-state index < -0.39 is 33.4 Å². The molecule has 0 saturated carbocycles. The van der Waals surface area contributed by atoms with Gasteiger partial charge < -0.3 is 9.84 Å². The van der Waals surface area contributed by atoms with E-state index in [0.717, 1.165) is 0 Å². The van der Waals surface area contributed by atoms with Crippen LogP contribution in [0.4, 0.5) is 26.3 Å². The van der Waals surface area contributed by atoms with Gasteiger partial charge in [-0.15, -0.1) is 0 Å². The summed E-state index contributed by atoms with van der Waals surface area (Å²) in [5, 5.41) is 9.01. The first-order valence-electron chi connectivity index (χ1n) is 5.37. The largest absolute Gasteiger partial charge is 0.458 e. The molecule has 0 aromatic carbocycles. The lowest BCUT2D eigenvalue weighted by molar-refractivity contribution is -0.389. The van der Waals surface area contributed by atoms with E-state index >= 15 is 0 Å². The Morgan fingerprint density at radius 1 is 1.20 bits per heavy atom. The highest BCUT2D eigenvalue weighted by Gasteiger charge is 2.74. The smallest absolute Gasteiger partial charge is 0.430 e. The van der Waals surface area contributed by atoms with E-state index in [2.05, 4.69) is 4.74 Å². The van der Waals surface area contributed by atoms with Crippen molar-refractivity contribution in [2.75, 3.05) is 0 Å². The van der Waals surface area contributed by atoms with Crippen LogP contribution in [0, 0.1) is 0 Å². The highest BCUT2D eigenvalue weighted by molar-refractivity contribution is 14.1. The molecule has 2 atom stereocenters. The molecule has 10 heteroatoms. The Morgan fingerprint density at radius 3 is 1.80 bits per heavy atom. The van der Waals surface area contributed by atoms with Crippen LogP contribution in [-0.4, -0.2) is 38.6 Å². The molecule has 0 rings (SSSR count). The molecule has 20 heavy (non-hydrogen) atoms. The van der Waals surface area contributed by atoms with Crippen LogP contribution < -0.4 is 0 Å². The third-order valence-corrected chi connectivity index (χ3v) is 4.03. The Kier molecular flexibility index (Phi) is 5.78. The molecular weight excluding hydrogens is 409 g/mol. The number of esters is 1. The summed E-state index contributed by atoms with van der Waals surface area (Å²) in [6.45, 7) is 3.15. The van der Waals surface area contributed by atoms with Crippen LogP contribution in [0.5, 0.6) is 0 Å². The van der Waals surface area contributed by atoms with Gasteiger partial charge in [0, 0.05) is 0 Å². The number of aliphatic hydroxyl groups is 1. The molecule has 0 heterocycles. The standard InChI is InChI=1S/C10H13F6IO3/c1-4-7(3,17)6(18)20-5(2)8(19,9(11,12)13)10(14,15)16/h5,19H,4H2,1-3H3. The minimum atomic E-state index is -6.03. The van der Waals surface area contributed by atoms with E-state index in [-0.39, 0.29) is 6.42 Å². The predicted octanol–water partition coefficient (Wildman–Crippen LogP) is 3.38. The average Bonchev–Trinajstić information content (AvgIpc) is 2.24. The summed E-state index contributed by atoms with van der Waals surface area (Å²) in [5.41, 5.74) is -5.11. The van der Waals surface area contributed by atoms with Gasteiger partial charge in [-0.3, -0.25) is 4.79 Å². The summed E-state index contributed by atoms with van der Waals surface area (Å²) in [4.78, 5) is 11.5. The first kappa shape index (κ1) is 19.7. The van der Waals surface area contributed by atoms with E-state index in [0.29, 0.717) is 6.92 Å². The molecule has 0 aromatic rings. The third kappa shape index (κ3) is 3.68. The number of halogens is 7. The monoisotopic (exact) mass is 422 g/mol. The van der Waals surface area contributed by atoms with Gasteiger partial charge in [0.15, 0.2) is 0 Å². The van der Waals surface area contributed by atoms with Crippen molar-refractivity contribution < 1.29 is 41.0 Å². The van der Waals surface area contributed by atoms with Crippen molar-refractivity contribution in [1.29, 1.82) is 0 Å². The number of rotatable bonds is 4. The lowest BCUT2D eigenvalue weighted by Gasteiger charge is -2.37. The van der Waals surface area contributed by atoms with E-state index in [1.807, 2.05) is 0 Å². The number of carbonyl (C=O) groups excluding carboxylic acids is 1. The molecule has 1 N–H and O–H groups in total. The molecule has 3 nitrogen and oxygen atoms in total. The SMILES string of the molecule is CCC(C)(I)C(=O)OC(C)C(O)(C(F)(F)F)C(F)(F)F. The van der Waals surface area contributed by atoms with Crippen molar-refractivity contribution in [3.05, 3.63) is 0 Å². The van der Waals surface area contributed by atoms with Crippen molar-refractivity contribution >= 4 is 28.6 Å². The Labute approximate surface area is 124 Å². The number of hydrogen-bond acceptors (Lipinski definition) is 3. The van der Waals surface area contributed by atoms with Crippen molar-refractivity contribution in [3.8, 4) is 0 Å². The molecule has 0 bridgehead atoms. The Hall–Kier alpha value is -0.260. The fourth-order valence-electron chi connectivity index (χ4n) is 1.13. The summed E-state index contributed by atoms with van der Waals surface area (Å²) in [7, 11) is 0. The lowest BCUT2D eigenvalue weighted by Crippen LogP contribution is -2.64. The van der Waals surface area contributed by atoms with Crippen molar-refractivity contribution in [3.63, 3.8) is 0 Å². The molecule has 0 amide bonds. The van der Waals surface area contributed by atoms with Crippen LogP contribution in [0.1, 0.15) is 27.2 Å². The van der Waals surface area contributed by atoms with Crippen LogP contribution in [0.3, 0.4) is 0 Å². The quantitative estimate of drug-likeness (QED) is 0.327. The first-order chi connectivity index (χ1) is 8.61. The topological polar surface area (TPSA) is 46.5 Å². The van der Waals surface area contributed by atoms with Gasteiger partial charge in [0.25, 0.3) is 5.60 Å². The average molecular weight is 422 g/mol. The van der Waals surface area contributed by atoms with Crippen molar-refractivity contribution in [2.24, 2.45) is 0 Å². The Balaban J connectivity index is 5.42. The maximum atomic E-state index is 12.5. The van der Waals surface area contributed by atoms with Crippen LogP contribution in [0.15, 0.2) is 0 Å². The van der Waals surface area contributed by atoms with E-state index in [4.69, 9.17) is 5.11 Å². The van der Waals surface area contributed by atoms with Crippen LogP contribution in [0.2, 0.25) is 0 Å². The molecule has 0 spiro atoms. The van der Waals surface area contributed by atoms with Crippen LogP contribution >= 0.6 is 22.6 Å². The zero-order valence-corrected chi connectivity index (χ0v) is 12.9. The maximum Gasteiger partial charge on any atom is 0.430 e. The predicted molar refractivity (Wildman–Crippen MR) is 65.3 cm³/mol. The first-order valence-corrected chi connectivity index (χ1v) is 6.45. The minimum Gasteiger partial charge on any atom is -0.458 e. The molecule has 120 valence electrons. The molecule has 0 aliphatic rings. The molecule has 0 aliphatic carbocycles. The second-order valence-electron chi connectivity index (χ2n) is 4.36. The van der Waals surface area contributed by atoms with Gasteiger partial charge >= 0.3 is 18.3 Å². The zero-order chi connectivity index (χ0) is 16.6. The number of alkyl halides is 7. The zero-order valence-electron chi connectivity index (χ0n) is 10.7. The minimum absolute atomic E-state index is 0.135. The second kappa shape index (κ2) is 5.85. The van der Waals surface area contributed by atoms with Gasteiger partial charge in [0.1, 0.15) is 9.53 Å². The van der Waals surface area contributed by atoms with E-state index in [1.54, 1.807) is 22.6 Å². The highest BCUT2D eigenvalue weighted by Crippen LogP contribution is 2.46. The Bertz CT molecular complexity index is 349. The van der Waals surface area contributed by atoms with Crippen molar-refractivity contribution in [2.45, 2.75) is 54.7 Å². The van der Waals surface area contributed by atoms with Crippen LogP contribution in [0.25, 0.3) is 0 Å². The fourth-order valence-corrected chi connectivity index (χ4v) is 1.26. The molecular formula is C10H13F6IO3. The fraction of sp³-hybridized carbons (Fsp3) is 0.900. The molecule has 0 aliphatic heterocycles.